The lowest BCUT2D eigenvalue weighted by Gasteiger charge is -2.39. The van der Waals surface area contributed by atoms with Crippen molar-refractivity contribution >= 4 is 47.9 Å². The Morgan fingerprint density at radius 3 is 1.49 bits per heavy atom. The van der Waals surface area contributed by atoms with Crippen molar-refractivity contribution in [3.05, 3.63) is 83.9 Å². The van der Waals surface area contributed by atoms with Crippen molar-refractivity contribution in [2.24, 2.45) is 41.4 Å². The lowest BCUT2D eigenvalue weighted by atomic mass is 9.85. The molecule has 2 aliphatic carbocycles. The Balaban J connectivity index is 0.000000155. The first-order valence-corrected chi connectivity index (χ1v) is 27.2. The molecule has 7 heterocycles. The Morgan fingerprint density at radius 2 is 1.04 bits per heavy atom. The number of likely N-dealkylation sites (tertiary alicyclic amines) is 2. The summed E-state index contributed by atoms with van der Waals surface area (Å²) in [7, 11) is 0. The number of nitrogens with zero attached hydrogens (tertiary/aromatic N) is 7. The molecule has 6 bridgehead atoms. The average molecular weight is 1100 g/mol. The van der Waals surface area contributed by atoms with Gasteiger partial charge in [0.25, 0.3) is 17.7 Å². The summed E-state index contributed by atoms with van der Waals surface area (Å²) in [4.78, 5) is 133. The number of allylic oxidation sites excluding steroid dienone is 2. The highest BCUT2D eigenvalue weighted by atomic mass is 16.7. The average Bonchev–Trinajstić information content (AvgIpc) is 4.36. The summed E-state index contributed by atoms with van der Waals surface area (Å²) < 4.78 is 10.5. The van der Waals surface area contributed by atoms with E-state index in [9.17, 15) is 38.4 Å². The van der Waals surface area contributed by atoms with E-state index in [0.717, 1.165) is 17.5 Å². The fourth-order valence-corrected chi connectivity index (χ4v) is 11.4. The smallest absolute Gasteiger partial charge is 0.410 e. The van der Waals surface area contributed by atoms with Crippen molar-refractivity contribution < 1.29 is 72.0 Å². The van der Waals surface area contributed by atoms with E-state index in [-0.39, 0.29) is 60.6 Å². The molecule has 1 saturated carbocycles. The van der Waals surface area contributed by atoms with Crippen LogP contribution in [-0.4, -0.2) is 171 Å². The number of fused-ring (bicyclic) bond motifs is 9. The van der Waals surface area contributed by atoms with Crippen LogP contribution in [0.2, 0.25) is 0 Å². The fraction of sp³-hybridized carbons (Fsp3) is 0.600. The minimum absolute atomic E-state index is 0.0380. The van der Waals surface area contributed by atoms with E-state index in [0.29, 0.717) is 95.8 Å². The molecule has 9 amide bonds. The molecule has 8 fully saturated rings. The van der Waals surface area contributed by atoms with Gasteiger partial charge in [-0.2, -0.15) is 10.1 Å². The highest BCUT2D eigenvalue weighted by Crippen LogP contribution is 2.52. The van der Waals surface area contributed by atoms with Crippen LogP contribution in [0.5, 0.6) is 0 Å². The Hall–Kier alpha value is -6.86. The largest absolute Gasteiger partial charge is 0.444 e. The second-order valence-corrected chi connectivity index (χ2v) is 23.5. The lowest BCUT2D eigenvalue weighted by Crippen LogP contribution is -2.54. The van der Waals surface area contributed by atoms with E-state index in [4.69, 9.17) is 34.7 Å². The topological polar surface area (TPSA) is 262 Å². The number of benzene rings is 2. The first-order valence-electron chi connectivity index (χ1n) is 27.2. The first-order chi connectivity index (χ1) is 37.7. The molecule has 79 heavy (non-hydrogen) atoms. The van der Waals surface area contributed by atoms with Crippen LogP contribution in [0.1, 0.15) is 84.8 Å². The second-order valence-electron chi connectivity index (χ2n) is 23.5. The number of nitrogens with one attached hydrogen (secondary N) is 1. The summed E-state index contributed by atoms with van der Waals surface area (Å²) in [6.07, 6.45) is 6.35. The van der Waals surface area contributed by atoms with E-state index < -0.39 is 58.9 Å². The van der Waals surface area contributed by atoms with Crippen LogP contribution in [0.3, 0.4) is 0 Å². The number of hydroxylamine groups is 7. The molecule has 2 aromatic carbocycles. The van der Waals surface area contributed by atoms with Crippen LogP contribution >= 0.6 is 0 Å². The molecular weight excluding hydrogens is 1030 g/mol. The van der Waals surface area contributed by atoms with Gasteiger partial charge in [-0.15, -0.1) is 5.06 Å². The minimum atomic E-state index is -0.847. The minimum Gasteiger partial charge on any atom is -0.444 e. The van der Waals surface area contributed by atoms with Gasteiger partial charge in [-0.05, 0) is 96.6 Å². The van der Waals surface area contributed by atoms with Gasteiger partial charge in [0.2, 0.25) is 0 Å². The molecule has 0 radical (unpaired) electrons. The van der Waals surface area contributed by atoms with Gasteiger partial charge < -0.3 is 38.7 Å². The Labute approximate surface area is 459 Å². The fourth-order valence-electron chi connectivity index (χ4n) is 11.4. The number of rotatable bonds is 14. The monoisotopic (exact) mass is 1100 g/mol. The molecule has 24 nitrogen and oxygen atoms in total. The number of ether oxygens (including phenoxy) is 2. The van der Waals surface area contributed by atoms with Crippen molar-refractivity contribution in [2.45, 2.75) is 122 Å². The summed E-state index contributed by atoms with van der Waals surface area (Å²) >= 11 is 0. The first kappa shape index (κ1) is 56.8. The molecule has 2 aromatic rings. The van der Waals surface area contributed by atoms with Crippen molar-refractivity contribution in [1.82, 2.24) is 40.3 Å². The van der Waals surface area contributed by atoms with Gasteiger partial charge in [-0.25, -0.2) is 35.3 Å². The molecular formula is C55H73N9O15. The van der Waals surface area contributed by atoms with E-state index in [2.05, 4.69) is 10.3 Å². The van der Waals surface area contributed by atoms with E-state index in [1.54, 1.807) is 14.7 Å². The van der Waals surface area contributed by atoms with Crippen LogP contribution in [0.4, 0.5) is 19.2 Å². The molecule has 7 saturated heterocycles. The number of hydrogen-bond acceptors (Lipinski definition) is 16. The van der Waals surface area contributed by atoms with Crippen LogP contribution in [0.25, 0.3) is 0 Å². The number of carbonyl (C=O) groups is 8. The standard InChI is InChI=1S/C23H32N4O6.C23H23N3O6.C9H18N2O3/c1-23(2,3)33-22(30)25-11-17(12-25)14-31-24-20(28)19-10-9-18-13-26(19)21(29)27(18)32-15-16-7-5-4-6-8-16;27-20-18-14-6-7-15(10-14)19(18)21(28)26(20)32-22(29)17-9-8-16-11-24(17)23(30)25(16)31-12-13-4-2-1-3-5-13;1-9(2,3)14-8(12)11-4-7(5-11)6-13-10/h4-8,17-19H,9-15H2,1-3H3,(H,24,28);1-7,14-19H,8-12H2;7H,4-6,10H2,1-3H3/t18-,19+;14-,15+,16-,17+,18-,19+;/m11./s1. The molecule has 0 spiro atoms. The zero-order chi connectivity index (χ0) is 56.3. The maximum atomic E-state index is 12.9. The quantitative estimate of drug-likeness (QED) is 0.148. The third-order valence-electron chi connectivity index (χ3n) is 15.3. The Kier molecular flexibility index (Phi) is 17.2. The number of nitrogens with two attached hydrogens (primary N) is 1. The van der Waals surface area contributed by atoms with E-state index >= 15 is 0 Å². The molecule has 0 aromatic heterocycles. The molecule has 11 rings (SSSR count). The molecule has 3 N–H and O–H groups in total. The van der Waals surface area contributed by atoms with Gasteiger partial charge in [-0.1, -0.05) is 72.8 Å². The lowest BCUT2D eigenvalue weighted by molar-refractivity contribution is -0.202. The summed E-state index contributed by atoms with van der Waals surface area (Å²) in [5, 5.41) is 3.39. The number of imide groups is 1. The van der Waals surface area contributed by atoms with Crippen molar-refractivity contribution in [1.29, 1.82) is 0 Å². The Bertz CT molecular complexity index is 2570. The summed E-state index contributed by atoms with van der Waals surface area (Å²) in [5.74, 6) is 2.64. The Morgan fingerprint density at radius 1 is 0.595 bits per heavy atom. The highest BCUT2D eigenvalue weighted by Gasteiger charge is 2.61. The number of carbonyl (C=O) groups excluding carboxylic acids is 8. The zero-order valence-corrected chi connectivity index (χ0v) is 45.6. The maximum Gasteiger partial charge on any atom is 0.410 e. The summed E-state index contributed by atoms with van der Waals surface area (Å²) in [5.41, 5.74) is 3.45. The van der Waals surface area contributed by atoms with Crippen LogP contribution in [-0.2, 0) is 66.1 Å². The third-order valence-corrected chi connectivity index (χ3v) is 15.3. The zero-order valence-electron chi connectivity index (χ0n) is 45.6. The maximum absolute atomic E-state index is 12.9. The molecule has 0 unspecified atom stereocenters. The van der Waals surface area contributed by atoms with Crippen LogP contribution in [0, 0.1) is 35.5 Å². The summed E-state index contributed by atoms with van der Waals surface area (Å²) in [6.45, 7) is 15.6. The predicted octanol–water partition coefficient (Wildman–Crippen LogP) is 4.70. The van der Waals surface area contributed by atoms with Crippen molar-refractivity contribution in [3.63, 3.8) is 0 Å². The molecule has 24 heteroatoms. The SMILES string of the molecule is CC(C)(C)OC(=O)N1CC(CON)C1.CC(C)(C)OC(=O)N1CC(CONC(=O)[C@@H]2CC[C@@H]3CN2C(=O)N3OCc2ccccc2)C1.O=C(ON1C(=O)[C@@H]2[C@H](C1=O)[C@@H]1C=C[C@H]2C1)[C@@H]1CC[C@@H]2CN1C(=O)N2OCc1ccccc1. The molecule has 8 atom stereocenters. The van der Waals surface area contributed by atoms with Crippen molar-refractivity contribution in [2.75, 3.05) is 52.5 Å². The van der Waals surface area contributed by atoms with Crippen molar-refractivity contribution in [3.8, 4) is 0 Å². The van der Waals surface area contributed by atoms with E-state index in [1.807, 2.05) is 114 Å². The number of hydrogen-bond donors (Lipinski definition) is 2. The van der Waals surface area contributed by atoms with Gasteiger partial charge in [0, 0.05) is 51.1 Å². The number of piperidine rings is 2. The van der Waals surface area contributed by atoms with Gasteiger partial charge >= 0.3 is 30.2 Å². The normalized spacial score (nSPS) is 26.7. The van der Waals surface area contributed by atoms with Gasteiger partial charge in [-0.3, -0.25) is 28.9 Å². The number of urea groups is 2. The highest BCUT2D eigenvalue weighted by molar-refractivity contribution is 6.06. The van der Waals surface area contributed by atoms with Crippen LogP contribution in [0.15, 0.2) is 72.8 Å². The predicted molar refractivity (Wildman–Crippen MR) is 276 cm³/mol. The molecule has 9 aliphatic rings. The van der Waals surface area contributed by atoms with Gasteiger partial charge in [0.1, 0.15) is 36.5 Å². The molecule has 7 aliphatic heterocycles. The van der Waals surface area contributed by atoms with E-state index in [1.165, 1.54) is 15.0 Å². The molecule has 428 valence electrons. The van der Waals surface area contributed by atoms with Gasteiger partial charge in [0.15, 0.2) is 0 Å². The number of amides is 9. The van der Waals surface area contributed by atoms with Crippen LogP contribution < -0.4 is 11.4 Å². The van der Waals surface area contributed by atoms with Gasteiger partial charge in [0.05, 0.1) is 37.1 Å². The summed E-state index contributed by atoms with van der Waals surface area (Å²) in [6, 6.07) is 16.9. The third kappa shape index (κ3) is 13.1. The second kappa shape index (κ2) is 23.8.